The Morgan fingerprint density at radius 2 is 2.29 bits per heavy atom. The minimum absolute atomic E-state index is 0.00518. The van der Waals surface area contributed by atoms with Crippen molar-refractivity contribution in [3.05, 3.63) is 41.7 Å². The average molecular weight is 301 g/mol. The highest BCUT2D eigenvalue weighted by molar-refractivity contribution is 7.13. The molecule has 21 heavy (non-hydrogen) atoms. The lowest BCUT2D eigenvalue weighted by Gasteiger charge is -2.09. The van der Waals surface area contributed by atoms with Crippen LogP contribution in [-0.4, -0.2) is 40.0 Å². The molecule has 3 heterocycles. The Hall–Kier alpha value is -2.12. The van der Waals surface area contributed by atoms with E-state index in [0.717, 1.165) is 17.2 Å². The molecule has 2 aromatic heterocycles. The fourth-order valence-electron chi connectivity index (χ4n) is 2.01. The summed E-state index contributed by atoms with van der Waals surface area (Å²) in [5.74, 6) is 0.642. The van der Waals surface area contributed by atoms with Gasteiger partial charge in [-0.25, -0.2) is 15.0 Å². The summed E-state index contributed by atoms with van der Waals surface area (Å²) in [7, 11) is 0. The molecular formula is C14H15N5OS. The summed E-state index contributed by atoms with van der Waals surface area (Å²) in [5, 5.41) is 8.76. The maximum absolute atomic E-state index is 11.8. The van der Waals surface area contributed by atoms with Crippen molar-refractivity contribution in [2.24, 2.45) is 0 Å². The monoisotopic (exact) mass is 301 g/mol. The first kappa shape index (κ1) is 13.8. The fourth-order valence-corrected chi connectivity index (χ4v) is 2.80. The number of hydrogen-bond donors (Lipinski definition) is 2. The van der Waals surface area contributed by atoms with Crippen LogP contribution in [0.15, 0.2) is 36.0 Å². The standard InChI is InChI=1S/C14H15N5OS/c20-13(11-3-1-5-15-11)18-8-4-10-9-21-14(19-10)12-16-6-2-7-17-12/h1-3,6-7,9,11,15H,4-5,8H2,(H,18,20)/t11-/m1/s1. The molecule has 0 aromatic carbocycles. The summed E-state index contributed by atoms with van der Waals surface area (Å²) in [6.07, 6.45) is 7.93. The molecule has 3 rings (SSSR count). The molecule has 1 amide bonds. The van der Waals surface area contributed by atoms with Crippen molar-refractivity contribution < 1.29 is 4.79 Å². The summed E-state index contributed by atoms with van der Waals surface area (Å²) < 4.78 is 0. The predicted octanol–water partition coefficient (Wildman–Crippen LogP) is 0.787. The van der Waals surface area contributed by atoms with Gasteiger partial charge in [0.1, 0.15) is 6.04 Å². The Bertz CT molecular complexity index is 640. The van der Waals surface area contributed by atoms with Gasteiger partial charge in [-0.1, -0.05) is 12.2 Å². The van der Waals surface area contributed by atoms with E-state index in [9.17, 15) is 4.79 Å². The second kappa shape index (κ2) is 6.55. The fraction of sp³-hybridized carbons (Fsp3) is 0.286. The Morgan fingerprint density at radius 1 is 1.43 bits per heavy atom. The molecule has 108 valence electrons. The second-order valence-corrected chi connectivity index (χ2v) is 5.43. The van der Waals surface area contributed by atoms with Gasteiger partial charge in [0.25, 0.3) is 0 Å². The minimum atomic E-state index is -0.200. The first-order chi connectivity index (χ1) is 10.3. The third kappa shape index (κ3) is 3.50. The molecule has 7 heteroatoms. The lowest BCUT2D eigenvalue weighted by Crippen LogP contribution is -2.41. The van der Waals surface area contributed by atoms with Gasteiger partial charge in [-0.2, -0.15) is 0 Å². The molecule has 0 fully saturated rings. The van der Waals surface area contributed by atoms with E-state index in [4.69, 9.17) is 0 Å². The van der Waals surface area contributed by atoms with Gasteiger partial charge in [0, 0.05) is 37.3 Å². The largest absolute Gasteiger partial charge is 0.354 e. The smallest absolute Gasteiger partial charge is 0.241 e. The topological polar surface area (TPSA) is 79.8 Å². The van der Waals surface area contributed by atoms with Gasteiger partial charge in [-0.15, -0.1) is 11.3 Å². The van der Waals surface area contributed by atoms with Crippen LogP contribution in [0.4, 0.5) is 0 Å². The second-order valence-electron chi connectivity index (χ2n) is 4.57. The third-order valence-electron chi connectivity index (χ3n) is 3.06. The zero-order valence-corrected chi connectivity index (χ0v) is 12.1. The van der Waals surface area contributed by atoms with Crippen LogP contribution >= 0.6 is 11.3 Å². The van der Waals surface area contributed by atoms with E-state index < -0.39 is 0 Å². The lowest BCUT2D eigenvalue weighted by atomic mass is 10.3. The molecule has 1 aliphatic rings. The Balaban J connectivity index is 1.51. The van der Waals surface area contributed by atoms with Crippen molar-refractivity contribution in [3.63, 3.8) is 0 Å². The van der Waals surface area contributed by atoms with Crippen LogP contribution in [-0.2, 0) is 11.2 Å². The molecular weight excluding hydrogens is 286 g/mol. The van der Waals surface area contributed by atoms with Crippen molar-refractivity contribution in [1.29, 1.82) is 0 Å². The number of carbonyl (C=O) groups is 1. The van der Waals surface area contributed by atoms with Crippen LogP contribution in [0.1, 0.15) is 5.69 Å². The molecule has 2 aromatic rings. The average Bonchev–Trinajstić information content (AvgIpc) is 3.20. The Morgan fingerprint density at radius 3 is 3.05 bits per heavy atom. The molecule has 0 saturated carbocycles. The van der Waals surface area contributed by atoms with Gasteiger partial charge in [0.2, 0.25) is 5.91 Å². The van der Waals surface area contributed by atoms with Gasteiger partial charge in [-0.05, 0) is 6.07 Å². The van der Waals surface area contributed by atoms with E-state index in [1.165, 1.54) is 11.3 Å². The van der Waals surface area contributed by atoms with E-state index in [1.807, 2.05) is 17.5 Å². The van der Waals surface area contributed by atoms with E-state index in [1.54, 1.807) is 18.5 Å². The highest BCUT2D eigenvalue weighted by atomic mass is 32.1. The highest BCUT2D eigenvalue weighted by Gasteiger charge is 2.16. The first-order valence-electron chi connectivity index (χ1n) is 6.72. The van der Waals surface area contributed by atoms with E-state index >= 15 is 0 Å². The zero-order valence-electron chi connectivity index (χ0n) is 11.3. The lowest BCUT2D eigenvalue weighted by molar-refractivity contribution is -0.121. The summed E-state index contributed by atoms with van der Waals surface area (Å²) in [6, 6.07) is 1.58. The molecule has 6 nitrogen and oxygen atoms in total. The van der Waals surface area contributed by atoms with Crippen LogP contribution in [0, 0.1) is 0 Å². The SMILES string of the molecule is O=C(NCCc1csc(-c2ncccn2)n1)[C@H]1C=CCN1. The molecule has 0 aliphatic carbocycles. The van der Waals surface area contributed by atoms with Crippen LogP contribution in [0.5, 0.6) is 0 Å². The van der Waals surface area contributed by atoms with Crippen molar-refractivity contribution in [1.82, 2.24) is 25.6 Å². The van der Waals surface area contributed by atoms with Gasteiger partial charge in [-0.3, -0.25) is 10.1 Å². The van der Waals surface area contributed by atoms with E-state index in [2.05, 4.69) is 25.6 Å². The van der Waals surface area contributed by atoms with Crippen LogP contribution in [0.3, 0.4) is 0 Å². The van der Waals surface area contributed by atoms with Crippen LogP contribution in [0.25, 0.3) is 10.8 Å². The third-order valence-corrected chi connectivity index (χ3v) is 3.94. The first-order valence-corrected chi connectivity index (χ1v) is 7.60. The van der Waals surface area contributed by atoms with E-state index in [0.29, 0.717) is 18.8 Å². The number of thiazole rings is 1. The molecule has 0 spiro atoms. The molecule has 1 atom stereocenters. The number of aromatic nitrogens is 3. The number of rotatable bonds is 5. The summed E-state index contributed by atoms with van der Waals surface area (Å²) in [4.78, 5) is 24.6. The number of nitrogens with zero attached hydrogens (tertiary/aromatic N) is 3. The van der Waals surface area contributed by atoms with Gasteiger partial charge >= 0.3 is 0 Å². The zero-order chi connectivity index (χ0) is 14.5. The minimum Gasteiger partial charge on any atom is -0.354 e. The maximum Gasteiger partial charge on any atom is 0.241 e. The number of nitrogens with one attached hydrogen (secondary N) is 2. The number of carbonyl (C=O) groups excluding carboxylic acids is 1. The van der Waals surface area contributed by atoms with E-state index in [-0.39, 0.29) is 11.9 Å². The molecule has 2 N–H and O–H groups in total. The van der Waals surface area contributed by atoms with Crippen molar-refractivity contribution >= 4 is 17.2 Å². The van der Waals surface area contributed by atoms with Crippen molar-refractivity contribution in [3.8, 4) is 10.8 Å². The molecule has 0 saturated heterocycles. The number of hydrogen-bond acceptors (Lipinski definition) is 6. The highest BCUT2D eigenvalue weighted by Crippen LogP contribution is 2.19. The quantitative estimate of drug-likeness (QED) is 0.798. The molecule has 0 bridgehead atoms. The maximum atomic E-state index is 11.8. The van der Waals surface area contributed by atoms with Crippen molar-refractivity contribution in [2.75, 3.05) is 13.1 Å². The van der Waals surface area contributed by atoms with Crippen molar-refractivity contribution in [2.45, 2.75) is 12.5 Å². The van der Waals surface area contributed by atoms with Crippen LogP contribution < -0.4 is 10.6 Å². The predicted molar refractivity (Wildman–Crippen MR) is 80.8 cm³/mol. The Labute approximate surface area is 126 Å². The summed E-state index contributed by atoms with van der Waals surface area (Å²) in [5.41, 5.74) is 0.942. The molecule has 0 unspecified atom stereocenters. The number of amides is 1. The van der Waals surface area contributed by atoms with Gasteiger partial charge < -0.3 is 5.32 Å². The Kier molecular flexibility index (Phi) is 4.32. The molecule has 1 aliphatic heterocycles. The summed E-state index contributed by atoms with van der Waals surface area (Å²) >= 11 is 1.51. The van der Waals surface area contributed by atoms with Gasteiger partial charge in [0.05, 0.1) is 5.69 Å². The molecule has 0 radical (unpaired) electrons. The van der Waals surface area contributed by atoms with Gasteiger partial charge in [0.15, 0.2) is 10.8 Å². The summed E-state index contributed by atoms with van der Waals surface area (Å²) in [6.45, 7) is 1.33. The van der Waals surface area contributed by atoms with Crippen LogP contribution in [0.2, 0.25) is 0 Å². The normalized spacial score (nSPS) is 17.0.